The summed E-state index contributed by atoms with van der Waals surface area (Å²) in [6.45, 7) is 0.918. The smallest absolute Gasteiger partial charge is 0.244 e. The van der Waals surface area contributed by atoms with E-state index in [2.05, 4.69) is 20.4 Å². The molecule has 0 saturated heterocycles. The maximum Gasteiger partial charge on any atom is 0.244 e. The second-order valence-electron chi connectivity index (χ2n) is 5.20. The zero-order valence-electron chi connectivity index (χ0n) is 13.3. The number of rotatable bonds is 6. The molecule has 0 fully saturated rings. The highest BCUT2D eigenvalue weighted by molar-refractivity contribution is 5.91. The van der Waals surface area contributed by atoms with Gasteiger partial charge in [-0.1, -0.05) is 18.2 Å². The third-order valence-electron chi connectivity index (χ3n) is 3.43. The van der Waals surface area contributed by atoms with Gasteiger partial charge in [-0.3, -0.25) is 19.4 Å². The van der Waals surface area contributed by atoms with Gasteiger partial charge in [-0.15, -0.1) is 0 Å². The molecule has 0 saturated carbocycles. The first kappa shape index (κ1) is 16.5. The van der Waals surface area contributed by atoms with Crippen molar-refractivity contribution in [1.82, 2.24) is 25.1 Å². The van der Waals surface area contributed by atoms with Crippen molar-refractivity contribution in [2.24, 2.45) is 0 Å². The van der Waals surface area contributed by atoms with Crippen molar-refractivity contribution in [3.63, 3.8) is 0 Å². The number of hydrogen-bond acceptors (Lipinski definition) is 4. The van der Waals surface area contributed by atoms with Crippen molar-refractivity contribution in [2.75, 3.05) is 6.54 Å². The molecule has 6 nitrogen and oxygen atoms in total. The maximum absolute atomic E-state index is 13.5. The Bertz CT molecular complexity index is 876. The van der Waals surface area contributed by atoms with Crippen LogP contribution >= 0.6 is 0 Å². The largest absolute Gasteiger partial charge is 0.351 e. The van der Waals surface area contributed by atoms with E-state index in [1.54, 1.807) is 41.5 Å². The number of nitrogens with one attached hydrogen (secondary N) is 1. The zero-order valence-corrected chi connectivity index (χ0v) is 13.3. The minimum Gasteiger partial charge on any atom is -0.351 e. The SMILES string of the molecule is O=C(/C=C/c1ccccc1F)NCCn1ccc(-c2cnccn2)n1. The van der Waals surface area contributed by atoms with Gasteiger partial charge in [0.15, 0.2) is 0 Å². The summed E-state index contributed by atoms with van der Waals surface area (Å²) in [6.07, 6.45) is 9.42. The lowest BCUT2D eigenvalue weighted by molar-refractivity contribution is -0.116. The molecule has 2 aromatic heterocycles. The molecule has 1 amide bonds. The summed E-state index contributed by atoms with van der Waals surface area (Å²) in [5, 5.41) is 7.11. The van der Waals surface area contributed by atoms with E-state index in [1.165, 1.54) is 18.2 Å². The van der Waals surface area contributed by atoms with E-state index in [4.69, 9.17) is 0 Å². The van der Waals surface area contributed by atoms with Crippen LogP contribution in [0, 0.1) is 5.82 Å². The van der Waals surface area contributed by atoms with Crippen LogP contribution in [0.4, 0.5) is 4.39 Å². The summed E-state index contributed by atoms with van der Waals surface area (Å²) < 4.78 is 15.2. The quantitative estimate of drug-likeness (QED) is 0.701. The van der Waals surface area contributed by atoms with Gasteiger partial charge in [-0.2, -0.15) is 5.10 Å². The van der Waals surface area contributed by atoms with E-state index in [0.717, 1.165) is 5.69 Å². The molecule has 0 bridgehead atoms. The number of benzene rings is 1. The highest BCUT2D eigenvalue weighted by atomic mass is 19.1. The Morgan fingerprint density at radius 1 is 1.20 bits per heavy atom. The van der Waals surface area contributed by atoms with Gasteiger partial charge in [-0.05, 0) is 18.2 Å². The number of halogens is 1. The summed E-state index contributed by atoms with van der Waals surface area (Å²) >= 11 is 0. The second-order valence-corrected chi connectivity index (χ2v) is 5.20. The molecule has 0 aliphatic heterocycles. The first-order chi connectivity index (χ1) is 12.2. The molecular weight excluding hydrogens is 321 g/mol. The number of carbonyl (C=O) groups is 1. The Morgan fingerprint density at radius 2 is 2.08 bits per heavy atom. The minimum atomic E-state index is -0.361. The average Bonchev–Trinajstić information content (AvgIpc) is 3.11. The van der Waals surface area contributed by atoms with Crippen molar-refractivity contribution >= 4 is 12.0 Å². The monoisotopic (exact) mass is 337 g/mol. The summed E-state index contributed by atoms with van der Waals surface area (Å²) in [7, 11) is 0. The highest BCUT2D eigenvalue weighted by Crippen LogP contribution is 2.11. The number of amides is 1. The van der Waals surface area contributed by atoms with E-state index >= 15 is 0 Å². The first-order valence-corrected chi connectivity index (χ1v) is 7.72. The van der Waals surface area contributed by atoms with E-state index in [1.807, 2.05) is 12.3 Å². The fourth-order valence-electron chi connectivity index (χ4n) is 2.18. The van der Waals surface area contributed by atoms with Gasteiger partial charge in [0.1, 0.15) is 17.2 Å². The Hall–Kier alpha value is -3.35. The Morgan fingerprint density at radius 3 is 2.88 bits per heavy atom. The summed E-state index contributed by atoms with van der Waals surface area (Å²) in [6, 6.07) is 8.12. The number of aromatic nitrogens is 4. The van der Waals surface area contributed by atoms with Crippen LogP contribution in [0.25, 0.3) is 17.5 Å². The second kappa shape index (κ2) is 7.96. The number of nitrogens with zero attached hydrogens (tertiary/aromatic N) is 4. The van der Waals surface area contributed by atoms with E-state index in [-0.39, 0.29) is 11.7 Å². The third kappa shape index (κ3) is 4.57. The highest BCUT2D eigenvalue weighted by Gasteiger charge is 2.04. The van der Waals surface area contributed by atoms with Gasteiger partial charge in [0.2, 0.25) is 5.91 Å². The van der Waals surface area contributed by atoms with Crippen molar-refractivity contribution < 1.29 is 9.18 Å². The van der Waals surface area contributed by atoms with Crippen molar-refractivity contribution in [2.45, 2.75) is 6.54 Å². The molecule has 126 valence electrons. The molecule has 25 heavy (non-hydrogen) atoms. The van der Waals surface area contributed by atoms with Gasteiger partial charge in [0.25, 0.3) is 0 Å². The van der Waals surface area contributed by atoms with Gasteiger partial charge in [0.05, 0.1) is 12.7 Å². The van der Waals surface area contributed by atoms with Crippen molar-refractivity contribution in [3.05, 3.63) is 72.6 Å². The average molecular weight is 337 g/mol. The van der Waals surface area contributed by atoms with Crippen LogP contribution in [0.1, 0.15) is 5.56 Å². The fourth-order valence-corrected chi connectivity index (χ4v) is 2.18. The first-order valence-electron chi connectivity index (χ1n) is 7.72. The molecule has 0 unspecified atom stereocenters. The lowest BCUT2D eigenvalue weighted by atomic mass is 10.2. The summed E-state index contributed by atoms with van der Waals surface area (Å²) in [5.74, 6) is -0.649. The van der Waals surface area contributed by atoms with E-state index in [0.29, 0.717) is 24.3 Å². The van der Waals surface area contributed by atoms with Gasteiger partial charge < -0.3 is 5.32 Å². The zero-order chi connectivity index (χ0) is 17.5. The van der Waals surface area contributed by atoms with Crippen molar-refractivity contribution in [1.29, 1.82) is 0 Å². The van der Waals surface area contributed by atoms with Crippen LogP contribution in [-0.2, 0) is 11.3 Å². The predicted molar refractivity (Wildman–Crippen MR) is 91.7 cm³/mol. The van der Waals surface area contributed by atoms with Crippen LogP contribution in [0.2, 0.25) is 0 Å². The van der Waals surface area contributed by atoms with E-state index < -0.39 is 0 Å². The molecule has 1 N–H and O–H groups in total. The van der Waals surface area contributed by atoms with Crippen LogP contribution in [-0.4, -0.2) is 32.2 Å². The normalized spacial score (nSPS) is 10.9. The maximum atomic E-state index is 13.5. The lowest BCUT2D eigenvalue weighted by Gasteiger charge is -2.03. The Balaban J connectivity index is 1.49. The topological polar surface area (TPSA) is 72.7 Å². The van der Waals surface area contributed by atoms with Crippen LogP contribution in [0.15, 0.2) is 61.2 Å². The van der Waals surface area contributed by atoms with Crippen LogP contribution in [0.5, 0.6) is 0 Å². The lowest BCUT2D eigenvalue weighted by Crippen LogP contribution is -2.25. The number of hydrogen-bond donors (Lipinski definition) is 1. The Labute approximate surface area is 144 Å². The minimum absolute atomic E-state index is 0.287. The molecule has 7 heteroatoms. The molecule has 0 spiro atoms. The van der Waals surface area contributed by atoms with Gasteiger partial charge in [0, 0.05) is 36.8 Å². The van der Waals surface area contributed by atoms with Crippen LogP contribution < -0.4 is 5.32 Å². The van der Waals surface area contributed by atoms with Gasteiger partial charge >= 0.3 is 0 Å². The molecule has 3 aromatic rings. The molecule has 3 rings (SSSR count). The third-order valence-corrected chi connectivity index (χ3v) is 3.43. The van der Waals surface area contributed by atoms with Gasteiger partial charge in [-0.25, -0.2) is 4.39 Å². The van der Waals surface area contributed by atoms with Crippen LogP contribution in [0.3, 0.4) is 0 Å². The molecular formula is C18H16FN5O. The Kier molecular flexibility index (Phi) is 5.26. The molecule has 1 aromatic carbocycles. The summed E-state index contributed by atoms with van der Waals surface area (Å²) in [4.78, 5) is 20.0. The molecule has 0 radical (unpaired) electrons. The standard InChI is InChI=1S/C18H16FN5O/c19-15-4-2-1-3-14(15)5-6-18(25)22-10-12-24-11-7-16(23-24)17-13-20-8-9-21-17/h1-9,11,13H,10,12H2,(H,22,25)/b6-5+. The fraction of sp³-hybridized carbons (Fsp3) is 0.111. The predicted octanol–water partition coefficient (Wildman–Crippen LogP) is 2.31. The molecule has 2 heterocycles. The molecule has 0 aliphatic rings. The van der Waals surface area contributed by atoms with E-state index in [9.17, 15) is 9.18 Å². The number of carbonyl (C=O) groups excluding carboxylic acids is 1. The molecule has 0 aliphatic carbocycles. The molecule has 0 atom stereocenters. The summed E-state index contributed by atoms with van der Waals surface area (Å²) in [5.41, 5.74) is 1.79. The van der Waals surface area contributed by atoms with Crippen molar-refractivity contribution in [3.8, 4) is 11.4 Å².